The number of aliphatic hydroxyl groups is 1. The molecule has 1 aromatic heterocycles. The third-order valence-electron chi connectivity index (χ3n) is 2.69. The van der Waals surface area contributed by atoms with E-state index in [1.807, 2.05) is 32.4 Å². The maximum Gasteiger partial charge on any atom is 0.123 e. The van der Waals surface area contributed by atoms with E-state index in [2.05, 4.69) is 21.0 Å². The van der Waals surface area contributed by atoms with Crippen molar-refractivity contribution in [2.45, 2.75) is 52.4 Å². The van der Waals surface area contributed by atoms with Crippen LogP contribution in [-0.4, -0.2) is 27.6 Å². The van der Waals surface area contributed by atoms with Crippen molar-refractivity contribution >= 4 is 15.9 Å². The summed E-state index contributed by atoms with van der Waals surface area (Å²) in [6.07, 6.45) is 1.65. The molecule has 0 aliphatic heterocycles. The van der Waals surface area contributed by atoms with E-state index in [9.17, 15) is 5.11 Å². The van der Waals surface area contributed by atoms with Crippen LogP contribution in [0.3, 0.4) is 0 Å². The van der Waals surface area contributed by atoms with Crippen LogP contribution < -0.4 is 0 Å². The largest absolute Gasteiger partial charge is 0.384 e. The van der Waals surface area contributed by atoms with Gasteiger partial charge in [-0.05, 0) is 43.1 Å². The van der Waals surface area contributed by atoms with E-state index in [1.165, 1.54) is 0 Å². The number of ether oxygens (including phenoxy) is 1. The van der Waals surface area contributed by atoms with Crippen molar-refractivity contribution in [3.05, 3.63) is 16.4 Å². The van der Waals surface area contributed by atoms with E-state index in [-0.39, 0.29) is 12.1 Å². The molecular formula is C12H21BrN2O2. The fraction of sp³-hybridized carbons (Fsp3) is 0.750. The normalized spacial score (nSPS) is 15.2. The molecule has 1 N–H and O–H groups in total. The minimum Gasteiger partial charge on any atom is -0.384 e. The van der Waals surface area contributed by atoms with Crippen LogP contribution in [0, 0.1) is 0 Å². The molecule has 0 aromatic carbocycles. The average Bonchev–Trinajstić information content (AvgIpc) is 2.67. The van der Waals surface area contributed by atoms with E-state index in [0.717, 1.165) is 16.6 Å². The highest BCUT2D eigenvalue weighted by Gasteiger charge is 2.26. The lowest BCUT2D eigenvalue weighted by molar-refractivity contribution is -0.0398. The van der Waals surface area contributed by atoms with Crippen LogP contribution in [0.4, 0.5) is 0 Å². The second-order valence-electron chi connectivity index (χ2n) is 4.26. The molecule has 1 rings (SSSR count). The molecule has 98 valence electrons. The maximum absolute atomic E-state index is 10.4. The number of hydrogen-bond acceptors (Lipinski definition) is 3. The highest BCUT2D eigenvalue weighted by atomic mass is 79.9. The van der Waals surface area contributed by atoms with Gasteiger partial charge in [0.1, 0.15) is 6.10 Å². The summed E-state index contributed by atoms with van der Waals surface area (Å²) < 4.78 is 8.21. The fourth-order valence-corrected chi connectivity index (χ4v) is 2.37. The summed E-state index contributed by atoms with van der Waals surface area (Å²) in [6.45, 7) is 8.62. The quantitative estimate of drug-likeness (QED) is 0.878. The minimum absolute atomic E-state index is 0.189. The number of rotatable bonds is 6. The first-order chi connectivity index (χ1) is 8.02. The van der Waals surface area contributed by atoms with Crippen LogP contribution in [0.5, 0.6) is 0 Å². The molecule has 0 amide bonds. The molecule has 0 radical (unpaired) electrons. The van der Waals surface area contributed by atoms with Gasteiger partial charge in [0.05, 0.1) is 22.5 Å². The molecule has 0 aliphatic carbocycles. The van der Waals surface area contributed by atoms with Gasteiger partial charge in [-0.25, -0.2) is 0 Å². The van der Waals surface area contributed by atoms with Crippen LogP contribution in [-0.2, 0) is 4.74 Å². The molecular weight excluding hydrogens is 284 g/mol. The molecule has 0 saturated heterocycles. The second kappa shape index (κ2) is 6.52. The Morgan fingerprint density at radius 2 is 2.12 bits per heavy atom. The van der Waals surface area contributed by atoms with Crippen molar-refractivity contribution in [3.63, 3.8) is 0 Å². The number of halogens is 1. The van der Waals surface area contributed by atoms with Gasteiger partial charge in [0.2, 0.25) is 0 Å². The van der Waals surface area contributed by atoms with Crippen LogP contribution >= 0.6 is 15.9 Å². The predicted octanol–water partition coefficient (Wildman–Crippen LogP) is 3.08. The van der Waals surface area contributed by atoms with E-state index in [1.54, 1.807) is 6.20 Å². The summed E-state index contributed by atoms with van der Waals surface area (Å²) in [6, 6.07) is 0.213. The Morgan fingerprint density at radius 1 is 1.47 bits per heavy atom. The first-order valence-corrected chi connectivity index (χ1v) is 6.84. The van der Waals surface area contributed by atoms with Gasteiger partial charge in [-0.1, -0.05) is 6.92 Å². The average molecular weight is 305 g/mol. The molecule has 1 aromatic rings. The number of nitrogens with zero attached hydrogens (tertiary/aromatic N) is 2. The highest BCUT2D eigenvalue weighted by molar-refractivity contribution is 9.10. The summed E-state index contributed by atoms with van der Waals surface area (Å²) in [5.41, 5.74) is 0.792. The molecule has 4 nitrogen and oxygen atoms in total. The number of hydrogen-bond donors (Lipinski definition) is 1. The van der Waals surface area contributed by atoms with Crippen LogP contribution in [0.15, 0.2) is 10.7 Å². The standard InChI is InChI=1S/C12H21BrN2O2/c1-5-10(17-6-2)12(16)11-9(13)7-14-15(11)8(3)4/h7-8,10,12,16H,5-6H2,1-4H3. The zero-order valence-corrected chi connectivity index (χ0v) is 12.4. The first kappa shape index (κ1) is 14.7. The number of aliphatic hydroxyl groups excluding tert-OH is 1. The molecule has 17 heavy (non-hydrogen) atoms. The zero-order valence-electron chi connectivity index (χ0n) is 10.9. The minimum atomic E-state index is -0.653. The van der Waals surface area contributed by atoms with E-state index in [4.69, 9.17) is 4.74 Å². The zero-order chi connectivity index (χ0) is 13.0. The molecule has 2 atom stereocenters. The molecule has 2 unspecified atom stereocenters. The molecule has 5 heteroatoms. The first-order valence-electron chi connectivity index (χ1n) is 6.05. The van der Waals surface area contributed by atoms with E-state index >= 15 is 0 Å². The van der Waals surface area contributed by atoms with Gasteiger partial charge in [-0.15, -0.1) is 0 Å². The summed E-state index contributed by atoms with van der Waals surface area (Å²) in [7, 11) is 0. The van der Waals surface area contributed by atoms with Gasteiger partial charge < -0.3 is 9.84 Å². The summed E-state index contributed by atoms with van der Waals surface area (Å²) in [5.74, 6) is 0. The van der Waals surface area contributed by atoms with Gasteiger partial charge >= 0.3 is 0 Å². The summed E-state index contributed by atoms with van der Waals surface area (Å²) in [4.78, 5) is 0. The summed E-state index contributed by atoms with van der Waals surface area (Å²) >= 11 is 3.44. The van der Waals surface area contributed by atoms with Crippen molar-refractivity contribution in [2.75, 3.05) is 6.61 Å². The van der Waals surface area contributed by atoms with Crippen molar-refractivity contribution in [1.29, 1.82) is 0 Å². The van der Waals surface area contributed by atoms with Gasteiger partial charge in [-0.3, -0.25) is 4.68 Å². The van der Waals surface area contributed by atoms with Crippen LogP contribution in [0.25, 0.3) is 0 Å². The molecule has 0 spiro atoms. The Kier molecular flexibility index (Phi) is 5.62. The van der Waals surface area contributed by atoms with E-state index < -0.39 is 6.10 Å². The van der Waals surface area contributed by atoms with Crippen LogP contribution in [0.2, 0.25) is 0 Å². The van der Waals surface area contributed by atoms with Crippen molar-refractivity contribution < 1.29 is 9.84 Å². The molecule has 0 fully saturated rings. The predicted molar refractivity (Wildman–Crippen MR) is 71.0 cm³/mol. The van der Waals surface area contributed by atoms with Gasteiger partial charge in [0.25, 0.3) is 0 Å². The lowest BCUT2D eigenvalue weighted by atomic mass is 10.1. The molecule has 0 saturated carbocycles. The lowest BCUT2D eigenvalue weighted by Crippen LogP contribution is -2.25. The van der Waals surface area contributed by atoms with Crippen molar-refractivity contribution in [3.8, 4) is 0 Å². The third-order valence-corrected chi connectivity index (χ3v) is 3.30. The Morgan fingerprint density at radius 3 is 2.59 bits per heavy atom. The molecule has 0 aliphatic rings. The van der Waals surface area contributed by atoms with Crippen molar-refractivity contribution in [1.82, 2.24) is 9.78 Å². The lowest BCUT2D eigenvalue weighted by Gasteiger charge is -2.24. The molecule has 1 heterocycles. The monoisotopic (exact) mass is 304 g/mol. The third kappa shape index (κ3) is 3.30. The Hall–Kier alpha value is -0.390. The Bertz CT molecular complexity index is 352. The van der Waals surface area contributed by atoms with Gasteiger partial charge in [-0.2, -0.15) is 5.10 Å². The Balaban J connectivity index is 3.00. The van der Waals surface area contributed by atoms with Crippen LogP contribution in [0.1, 0.15) is 52.0 Å². The fourth-order valence-electron chi connectivity index (χ4n) is 1.86. The smallest absolute Gasteiger partial charge is 0.123 e. The van der Waals surface area contributed by atoms with Gasteiger partial charge in [0, 0.05) is 12.6 Å². The SMILES string of the molecule is CCOC(CC)C(O)c1c(Br)cnn1C(C)C. The number of aromatic nitrogens is 2. The maximum atomic E-state index is 10.4. The second-order valence-corrected chi connectivity index (χ2v) is 5.12. The topological polar surface area (TPSA) is 47.3 Å². The molecule has 0 bridgehead atoms. The van der Waals surface area contributed by atoms with Gasteiger partial charge in [0.15, 0.2) is 0 Å². The summed E-state index contributed by atoms with van der Waals surface area (Å²) in [5, 5.41) is 14.7. The van der Waals surface area contributed by atoms with Crippen molar-refractivity contribution in [2.24, 2.45) is 0 Å². The highest BCUT2D eigenvalue weighted by Crippen LogP contribution is 2.30. The Labute approximate surface area is 111 Å². The van der Waals surface area contributed by atoms with E-state index in [0.29, 0.717) is 6.61 Å².